The van der Waals surface area contributed by atoms with Crippen LogP contribution in [0.4, 0.5) is 5.69 Å². The molecule has 0 unspecified atom stereocenters. The van der Waals surface area contributed by atoms with Crippen molar-refractivity contribution in [2.45, 2.75) is 0 Å². The maximum atomic E-state index is 12.4. The normalized spacial score (nSPS) is 10.8. The van der Waals surface area contributed by atoms with Crippen molar-refractivity contribution < 1.29 is 4.79 Å². The third-order valence-electron chi connectivity index (χ3n) is 3.30. The molecular weight excluding hydrogens is 296 g/mol. The quantitative estimate of drug-likeness (QED) is 0.587. The van der Waals surface area contributed by atoms with E-state index in [-0.39, 0.29) is 5.91 Å². The number of hydrogen-bond acceptors (Lipinski definition) is 6. The first-order valence-electron chi connectivity index (χ1n) is 6.75. The van der Waals surface area contributed by atoms with Gasteiger partial charge in [0, 0.05) is 11.3 Å². The average molecular weight is 306 g/mol. The molecule has 0 aliphatic heterocycles. The first-order valence-corrected chi connectivity index (χ1v) is 6.75. The number of hydrogen-bond donors (Lipinski definition) is 2. The number of amides is 1. The summed E-state index contributed by atoms with van der Waals surface area (Å²) in [5, 5.41) is 24.3. The molecule has 112 valence electrons. The van der Waals surface area contributed by atoms with Gasteiger partial charge in [-0.1, -0.05) is 6.07 Å². The number of aromatic nitrogens is 7. The number of tetrazole rings is 1. The van der Waals surface area contributed by atoms with Crippen molar-refractivity contribution in [3.63, 3.8) is 0 Å². The molecule has 2 aromatic carbocycles. The number of nitrogens with zero attached hydrogens (tertiary/aromatic N) is 6. The van der Waals surface area contributed by atoms with E-state index in [1.54, 1.807) is 30.3 Å². The van der Waals surface area contributed by atoms with E-state index in [2.05, 4.69) is 36.3 Å². The van der Waals surface area contributed by atoms with Crippen LogP contribution in [-0.2, 0) is 0 Å². The summed E-state index contributed by atoms with van der Waals surface area (Å²) in [7, 11) is 0. The zero-order valence-electron chi connectivity index (χ0n) is 11.7. The Morgan fingerprint density at radius 1 is 1.09 bits per heavy atom. The third-order valence-corrected chi connectivity index (χ3v) is 3.30. The van der Waals surface area contributed by atoms with Crippen LogP contribution in [0.25, 0.3) is 16.7 Å². The van der Waals surface area contributed by atoms with E-state index in [0.29, 0.717) is 22.3 Å². The highest BCUT2D eigenvalue weighted by Gasteiger charge is 2.09. The number of nitrogens with one attached hydrogen (secondary N) is 2. The lowest BCUT2D eigenvalue weighted by Gasteiger charge is -2.07. The van der Waals surface area contributed by atoms with Gasteiger partial charge in [0.2, 0.25) is 0 Å². The summed E-state index contributed by atoms with van der Waals surface area (Å²) in [5.41, 5.74) is 3.24. The zero-order valence-corrected chi connectivity index (χ0v) is 11.7. The third kappa shape index (κ3) is 2.50. The maximum absolute atomic E-state index is 12.4. The van der Waals surface area contributed by atoms with Crippen LogP contribution < -0.4 is 5.32 Å². The van der Waals surface area contributed by atoms with Gasteiger partial charge in [-0.05, 0) is 46.8 Å². The van der Waals surface area contributed by atoms with Crippen molar-refractivity contribution in [3.05, 3.63) is 54.4 Å². The van der Waals surface area contributed by atoms with Gasteiger partial charge in [0.1, 0.15) is 17.4 Å². The monoisotopic (exact) mass is 306 g/mol. The second kappa shape index (κ2) is 5.30. The Morgan fingerprint density at radius 2 is 2.00 bits per heavy atom. The highest BCUT2D eigenvalue weighted by molar-refractivity contribution is 6.05. The smallest absolute Gasteiger partial charge is 0.255 e. The Morgan fingerprint density at radius 3 is 2.87 bits per heavy atom. The van der Waals surface area contributed by atoms with E-state index >= 15 is 0 Å². The first kappa shape index (κ1) is 13.1. The highest BCUT2D eigenvalue weighted by Crippen LogP contribution is 2.16. The Balaban J connectivity index is 1.59. The number of fused-ring (bicyclic) bond motifs is 1. The van der Waals surface area contributed by atoms with Crippen LogP contribution in [0.3, 0.4) is 0 Å². The molecule has 2 heterocycles. The lowest BCUT2D eigenvalue weighted by atomic mass is 10.2. The molecule has 4 aromatic rings. The van der Waals surface area contributed by atoms with Crippen molar-refractivity contribution in [1.29, 1.82) is 0 Å². The lowest BCUT2D eigenvalue weighted by molar-refractivity contribution is 0.102. The van der Waals surface area contributed by atoms with Crippen LogP contribution in [-0.4, -0.2) is 41.5 Å². The first-order chi connectivity index (χ1) is 11.3. The van der Waals surface area contributed by atoms with E-state index in [4.69, 9.17) is 0 Å². The summed E-state index contributed by atoms with van der Waals surface area (Å²) in [6, 6.07) is 12.3. The van der Waals surface area contributed by atoms with E-state index < -0.39 is 0 Å². The zero-order chi connectivity index (χ0) is 15.6. The van der Waals surface area contributed by atoms with Crippen LogP contribution >= 0.6 is 0 Å². The summed E-state index contributed by atoms with van der Waals surface area (Å²) >= 11 is 0. The maximum Gasteiger partial charge on any atom is 0.255 e. The minimum atomic E-state index is -0.233. The number of rotatable bonds is 3. The van der Waals surface area contributed by atoms with Gasteiger partial charge in [0.25, 0.3) is 5.91 Å². The molecule has 2 N–H and O–H groups in total. The van der Waals surface area contributed by atoms with Gasteiger partial charge in [-0.2, -0.15) is 15.4 Å². The fraction of sp³-hybridized carbons (Fsp3) is 0. The molecule has 9 nitrogen and oxygen atoms in total. The fourth-order valence-electron chi connectivity index (χ4n) is 2.19. The molecule has 0 atom stereocenters. The Labute approximate surface area is 129 Å². The van der Waals surface area contributed by atoms with Crippen LogP contribution in [0.2, 0.25) is 0 Å². The minimum Gasteiger partial charge on any atom is -0.322 e. The van der Waals surface area contributed by atoms with Gasteiger partial charge in [0.05, 0.1) is 5.69 Å². The summed E-state index contributed by atoms with van der Waals surface area (Å²) in [6.07, 6.45) is 1.49. The highest BCUT2D eigenvalue weighted by atomic mass is 16.1. The largest absolute Gasteiger partial charge is 0.322 e. The number of carbonyl (C=O) groups is 1. The van der Waals surface area contributed by atoms with Crippen LogP contribution in [0.1, 0.15) is 10.4 Å². The summed E-state index contributed by atoms with van der Waals surface area (Å²) in [5.74, 6) is -0.233. The molecule has 4 rings (SSSR count). The minimum absolute atomic E-state index is 0.233. The van der Waals surface area contributed by atoms with E-state index in [9.17, 15) is 4.79 Å². The molecule has 0 aliphatic rings. The Kier molecular flexibility index (Phi) is 3.01. The number of H-pyrrole nitrogens is 1. The van der Waals surface area contributed by atoms with Gasteiger partial charge in [0.15, 0.2) is 0 Å². The SMILES string of the molecule is O=C(Nc1cccc(-n2cnnn2)c1)c1ccc2n[nH]nc2c1. The number of carbonyl (C=O) groups excluding carboxylic acids is 1. The molecule has 0 aliphatic carbocycles. The molecule has 0 saturated carbocycles. The van der Waals surface area contributed by atoms with Crippen molar-refractivity contribution in [2.75, 3.05) is 5.32 Å². The van der Waals surface area contributed by atoms with E-state index in [1.165, 1.54) is 11.0 Å². The van der Waals surface area contributed by atoms with E-state index in [1.807, 2.05) is 12.1 Å². The topological polar surface area (TPSA) is 114 Å². The van der Waals surface area contributed by atoms with Gasteiger partial charge >= 0.3 is 0 Å². The van der Waals surface area contributed by atoms with Crippen molar-refractivity contribution in [2.24, 2.45) is 0 Å². The van der Waals surface area contributed by atoms with Gasteiger partial charge in [-0.3, -0.25) is 4.79 Å². The molecule has 23 heavy (non-hydrogen) atoms. The van der Waals surface area contributed by atoms with Crippen molar-refractivity contribution >= 4 is 22.6 Å². The molecule has 0 spiro atoms. The second-order valence-corrected chi connectivity index (χ2v) is 4.79. The summed E-state index contributed by atoms with van der Waals surface area (Å²) in [6.45, 7) is 0. The summed E-state index contributed by atoms with van der Waals surface area (Å²) < 4.78 is 1.51. The standard InChI is InChI=1S/C14H10N8O/c23-14(9-4-5-12-13(6-9)18-20-17-12)16-10-2-1-3-11(7-10)22-8-15-19-21-22/h1-8H,(H,16,23)(H,17,18,20). The predicted molar refractivity (Wildman–Crippen MR) is 81.0 cm³/mol. The summed E-state index contributed by atoms with van der Waals surface area (Å²) in [4.78, 5) is 12.4. The van der Waals surface area contributed by atoms with E-state index in [0.717, 1.165) is 5.69 Å². The molecule has 0 radical (unpaired) electrons. The number of benzene rings is 2. The molecular formula is C14H10N8O. The van der Waals surface area contributed by atoms with Crippen molar-refractivity contribution in [3.8, 4) is 5.69 Å². The van der Waals surface area contributed by atoms with Crippen LogP contribution in [0, 0.1) is 0 Å². The lowest BCUT2D eigenvalue weighted by Crippen LogP contribution is -2.12. The van der Waals surface area contributed by atoms with Gasteiger partial charge < -0.3 is 5.32 Å². The predicted octanol–water partition coefficient (Wildman–Crippen LogP) is 1.19. The molecule has 0 fully saturated rings. The molecule has 0 bridgehead atoms. The number of anilines is 1. The average Bonchev–Trinajstić information content (AvgIpc) is 3.26. The molecule has 9 heteroatoms. The molecule has 2 aromatic heterocycles. The number of aromatic amines is 1. The van der Waals surface area contributed by atoms with Crippen LogP contribution in [0.15, 0.2) is 48.8 Å². The molecule has 1 amide bonds. The fourth-order valence-corrected chi connectivity index (χ4v) is 2.19. The van der Waals surface area contributed by atoms with Gasteiger partial charge in [-0.15, -0.1) is 5.10 Å². The van der Waals surface area contributed by atoms with Crippen LogP contribution in [0.5, 0.6) is 0 Å². The molecule has 0 saturated heterocycles. The Hall–Kier alpha value is -3.62. The Bertz CT molecular complexity index is 975. The second-order valence-electron chi connectivity index (χ2n) is 4.79. The van der Waals surface area contributed by atoms with Gasteiger partial charge in [-0.25, -0.2) is 4.68 Å². The van der Waals surface area contributed by atoms with Crippen molar-refractivity contribution in [1.82, 2.24) is 35.6 Å².